The summed E-state index contributed by atoms with van der Waals surface area (Å²) in [6, 6.07) is 6.01. The van der Waals surface area contributed by atoms with E-state index in [1.54, 1.807) is 18.2 Å². The average Bonchev–Trinajstić information content (AvgIpc) is 3.62. The second-order valence-corrected chi connectivity index (χ2v) is 13.5. The number of pyridine rings is 1. The van der Waals surface area contributed by atoms with Gasteiger partial charge in [-0.2, -0.15) is 9.97 Å². The Morgan fingerprint density at radius 3 is 2.78 bits per heavy atom. The van der Waals surface area contributed by atoms with Gasteiger partial charge in [0.05, 0.1) is 17.0 Å². The number of halogens is 3. The first-order chi connectivity index (χ1) is 24.2. The number of aliphatic hydroxyl groups excluding tert-OH is 1. The zero-order valence-corrected chi connectivity index (χ0v) is 27.8. The Labute approximate surface area is 287 Å². The first-order valence-corrected chi connectivity index (χ1v) is 17.1. The quantitative estimate of drug-likeness (QED) is 0.184. The highest BCUT2D eigenvalue weighted by molar-refractivity contribution is 6.02. The molecule has 5 heterocycles. The molecular formula is C36H40F3N5O6. The number of fused-ring (bicyclic) bond motifs is 3. The van der Waals surface area contributed by atoms with Crippen LogP contribution in [0.5, 0.6) is 11.8 Å². The molecule has 0 spiro atoms. The molecule has 3 aliphatic heterocycles. The molecule has 3 atom stereocenters. The highest BCUT2D eigenvalue weighted by atomic mass is 19.1. The van der Waals surface area contributed by atoms with Gasteiger partial charge in [-0.05, 0) is 79.6 Å². The fourth-order valence-electron chi connectivity index (χ4n) is 7.86. The maximum Gasteiger partial charge on any atom is 0.319 e. The van der Waals surface area contributed by atoms with E-state index in [1.807, 2.05) is 4.90 Å². The van der Waals surface area contributed by atoms with Crippen molar-refractivity contribution in [1.29, 1.82) is 0 Å². The SMILES string of the molecule is COCOc1cc(-c2ncc3c(N4CCC[C@@H](O)C4)nc(OC[C@@]45CCCN4C[C@H](F)C5)nc3c2F)c2c(CCCC(=O)O)c(F)ccc2c1. The van der Waals surface area contributed by atoms with Gasteiger partial charge in [0.2, 0.25) is 0 Å². The Balaban J connectivity index is 1.37. The number of β-amino-alcohol motifs (C(OH)–C–C–N with tert-alkyl or cyclic N) is 1. The Hall–Kier alpha value is -4.27. The number of alkyl halides is 1. The number of rotatable bonds is 12. The second kappa shape index (κ2) is 14.2. The van der Waals surface area contributed by atoms with Gasteiger partial charge in [-0.1, -0.05) is 6.07 Å². The predicted octanol–water partition coefficient (Wildman–Crippen LogP) is 5.43. The third-order valence-electron chi connectivity index (χ3n) is 10.1. The number of carboxylic acids is 1. The molecule has 3 aliphatic rings. The van der Waals surface area contributed by atoms with E-state index in [-0.39, 0.29) is 67.6 Å². The van der Waals surface area contributed by atoms with Crippen LogP contribution in [0, 0.1) is 11.6 Å². The summed E-state index contributed by atoms with van der Waals surface area (Å²) in [5.74, 6) is -1.67. The van der Waals surface area contributed by atoms with Crippen LogP contribution in [0.1, 0.15) is 50.5 Å². The molecule has 0 amide bonds. The van der Waals surface area contributed by atoms with E-state index < -0.39 is 35.4 Å². The number of hydrogen-bond acceptors (Lipinski definition) is 10. The molecule has 2 N–H and O–H groups in total. The Morgan fingerprint density at radius 1 is 1.12 bits per heavy atom. The summed E-state index contributed by atoms with van der Waals surface area (Å²) >= 11 is 0. The zero-order valence-electron chi connectivity index (χ0n) is 27.8. The molecule has 2 aromatic carbocycles. The number of aliphatic hydroxyl groups is 1. The van der Waals surface area contributed by atoms with Crippen molar-refractivity contribution < 1.29 is 42.4 Å². The smallest absolute Gasteiger partial charge is 0.319 e. The molecule has 2 aromatic heterocycles. The van der Waals surface area contributed by atoms with E-state index in [1.165, 1.54) is 19.4 Å². The zero-order chi connectivity index (χ0) is 35.0. The molecule has 3 saturated heterocycles. The number of ether oxygens (including phenoxy) is 3. The number of aryl methyl sites for hydroxylation is 1. The molecule has 0 radical (unpaired) electrons. The third kappa shape index (κ3) is 6.63. The van der Waals surface area contributed by atoms with Crippen molar-refractivity contribution in [3.8, 4) is 23.0 Å². The minimum atomic E-state index is -1.00. The van der Waals surface area contributed by atoms with E-state index in [0.29, 0.717) is 60.1 Å². The first-order valence-electron chi connectivity index (χ1n) is 17.1. The van der Waals surface area contributed by atoms with E-state index in [2.05, 4.69) is 14.9 Å². The Kier molecular flexibility index (Phi) is 9.68. The fraction of sp³-hybridized carbons (Fsp3) is 0.500. The molecule has 14 heteroatoms. The van der Waals surface area contributed by atoms with Crippen LogP contribution in [0.4, 0.5) is 19.0 Å². The molecule has 3 fully saturated rings. The highest BCUT2D eigenvalue weighted by Gasteiger charge is 2.49. The number of nitrogens with zero attached hydrogens (tertiary/aromatic N) is 5. The van der Waals surface area contributed by atoms with Gasteiger partial charge >= 0.3 is 12.0 Å². The van der Waals surface area contributed by atoms with Crippen molar-refractivity contribution in [2.24, 2.45) is 0 Å². The van der Waals surface area contributed by atoms with Crippen molar-refractivity contribution in [2.45, 2.75) is 69.2 Å². The number of benzene rings is 2. The molecule has 0 unspecified atom stereocenters. The number of carboxylic acid groups (broad SMARTS) is 1. The van der Waals surface area contributed by atoms with Crippen molar-refractivity contribution in [3.63, 3.8) is 0 Å². The summed E-state index contributed by atoms with van der Waals surface area (Å²) in [7, 11) is 1.47. The van der Waals surface area contributed by atoms with Gasteiger partial charge in [0.1, 0.15) is 41.4 Å². The summed E-state index contributed by atoms with van der Waals surface area (Å²) in [6.45, 7) is 2.02. The van der Waals surface area contributed by atoms with Crippen molar-refractivity contribution in [3.05, 3.63) is 47.7 Å². The minimum Gasteiger partial charge on any atom is -0.481 e. The molecule has 50 heavy (non-hydrogen) atoms. The van der Waals surface area contributed by atoms with Crippen molar-refractivity contribution >= 4 is 33.5 Å². The van der Waals surface area contributed by atoms with Crippen LogP contribution < -0.4 is 14.4 Å². The third-order valence-corrected chi connectivity index (χ3v) is 10.1. The minimum absolute atomic E-state index is 0.0745. The van der Waals surface area contributed by atoms with E-state index in [9.17, 15) is 19.4 Å². The molecule has 0 aliphatic carbocycles. The molecule has 11 nitrogen and oxygen atoms in total. The van der Waals surface area contributed by atoms with Crippen molar-refractivity contribution in [2.75, 3.05) is 51.6 Å². The normalized spacial score (nSPS) is 22.4. The van der Waals surface area contributed by atoms with Gasteiger partial charge in [-0.3, -0.25) is 14.7 Å². The molecule has 0 saturated carbocycles. The summed E-state index contributed by atoms with van der Waals surface area (Å²) < 4.78 is 64.1. The second-order valence-electron chi connectivity index (χ2n) is 13.5. The largest absolute Gasteiger partial charge is 0.481 e. The predicted molar refractivity (Wildman–Crippen MR) is 179 cm³/mol. The lowest BCUT2D eigenvalue weighted by molar-refractivity contribution is -0.137. The number of aliphatic carboxylic acids is 1. The van der Waals surface area contributed by atoms with Crippen LogP contribution in [0.2, 0.25) is 0 Å². The maximum atomic E-state index is 17.1. The summed E-state index contributed by atoms with van der Waals surface area (Å²) in [5, 5.41) is 21.0. The highest BCUT2D eigenvalue weighted by Crippen LogP contribution is 2.42. The number of methoxy groups -OCH3 is 1. The van der Waals surface area contributed by atoms with E-state index in [0.717, 1.165) is 19.4 Å². The average molecular weight is 696 g/mol. The molecular weight excluding hydrogens is 655 g/mol. The summed E-state index contributed by atoms with van der Waals surface area (Å²) in [4.78, 5) is 29.1. The first kappa shape index (κ1) is 34.2. The van der Waals surface area contributed by atoms with Gasteiger partial charge in [-0.25, -0.2) is 13.2 Å². The number of aromatic nitrogens is 3. The van der Waals surface area contributed by atoms with Gasteiger partial charge in [-0.15, -0.1) is 0 Å². The van der Waals surface area contributed by atoms with Crippen LogP contribution in [-0.2, 0) is 16.0 Å². The number of anilines is 1. The Morgan fingerprint density at radius 2 is 1.98 bits per heavy atom. The molecule has 7 rings (SSSR count). The van der Waals surface area contributed by atoms with Crippen LogP contribution in [0.25, 0.3) is 32.9 Å². The lowest BCUT2D eigenvalue weighted by Crippen LogP contribution is -2.43. The lowest BCUT2D eigenvalue weighted by Gasteiger charge is -2.32. The van der Waals surface area contributed by atoms with Gasteiger partial charge in [0.15, 0.2) is 12.6 Å². The Bertz CT molecular complexity index is 1920. The maximum absolute atomic E-state index is 17.1. The summed E-state index contributed by atoms with van der Waals surface area (Å²) in [6.07, 6.45) is 3.37. The molecule has 4 aromatic rings. The van der Waals surface area contributed by atoms with Gasteiger partial charge in [0, 0.05) is 51.3 Å². The van der Waals surface area contributed by atoms with E-state index in [4.69, 9.17) is 19.2 Å². The van der Waals surface area contributed by atoms with E-state index >= 15 is 8.78 Å². The van der Waals surface area contributed by atoms with Crippen molar-refractivity contribution in [1.82, 2.24) is 19.9 Å². The monoisotopic (exact) mass is 695 g/mol. The lowest BCUT2D eigenvalue weighted by atomic mass is 9.93. The van der Waals surface area contributed by atoms with Crippen LogP contribution >= 0.6 is 0 Å². The fourth-order valence-corrected chi connectivity index (χ4v) is 7.86. The van der Waals surface area contributed by atoms with Gasteiger partial charge in [0.25, 0.3) is 0 Å². The topological polar surface area (TPSA) is 130 Å². The van der Waals surface area contributed by atoms with Crippen LogP contribution in [0.3, 0.4) is 0 Å². The number of piperidine rings is 1. The molecule has 0 bridgehead atoms. The molecule has 266 valence electrons. The van der Waals surface area contributed by atoms with Gasteiger partial charge < -0.3 is 29.3 Å². The van der Waals surface area contributed by atoms with Crippen LogP contribution in [0.15, 0.2) is 30.5 Å². The van der Waals surface area contributed by atoms with Crippen LogP contribution in [-0.4, -0.2) is 101 Å². The number of carbonyl (C=O) groups is 1. The summed E-state index contributed by atoms with van der Waals surface area (Å²) in [5.41, 5.74) is -0.221. The standard InChI is InChI=1S/C36H40F3N5O6/c1-48-20-50-24-13-21-8-9-28(38)25(6-2-7-29(46)47)30(21)26(14-24)32-31(39)33-27(16-40-32)34(43-11-3-5-23(45)18-43)42-35(41-33)49-19-36-10-4-12-44(36)17-22(37)15-36/h8-9,13-14,16,22-23,45H,2-7,10-12,15,17-20H2,1H3,(H,46,47)/t22-,23-,36+/m1/s1. The number of hydrogen-bond donors (Lipinski definition) is 2.